The van der Waals surface area contributed by atoms with E-state index in [1.165, 1.54) is 12.1 Å². The Labute approximate surface area is 84.5 Å². The highest BCUT2D eigenvalue weighted by atomic mass is 35.5. The van der Waals surface area contributed by atoms with Crippen LogP contribution in [0.15, 0.2) is 21.7 Å². The maximum atomic E-state index is 11.2. The van der Waals surface area contributed by atoms with E-state index in [-0.39, 0.29) is 30.0 Å². The third kappa shape index (κ3) is 3.01. The molecule has 0 bridgehead atoms. The van der Waals surface area contributed by atoms with E-state index in [0.29, 0.717) is 0 Å². The largest absolute Gasteiger partial charge is 0.440 e. The van der Waals surface area contributed by atoms with Gasteiger partial charge in [-0.15, -0.1) is 0 Å². The topological polar surface area (TPSA) is 91.0 Å². The predicted octanol–water partition coefficient (Wildman–Crippen LogP) is 1.97. The van der Waals surface area contributed by atoms with E-state index in [0.717, 1.165) is 0 Å². The molecular weight excluding hydrogens is 208 g/mol. The van der Waals surface area contributed by atoms with Gasteiger partial charge in [-0.25, -0.2) is 0 Å². The monoisotopic (exact) mass is 214 g/mol. The molecule has 0 aliphatic rings. The van der Waals surface area contributed by atoms with Gasteiger partial charge in [-0.1, -0.05) is 5.11 Å². The minimum atomic E-state index is -0.384. The number of nitrogens with one attached hydrogen (secondary N) is 1. The normalized spacial score (nSPS) is 9.21. The number of furan rings is 1. The molecule has 7 heteroatoms. The van der Waals surface area contributed by atoms with E-state index in [2.05, 4.69) is 15.3 Å². The fourth-order valence-electron chi connectivity index (χ4n) is 0.788. The zero-order valence-electron chi connectivity index (χ0n) is 7.11. The van der Waals surface area contributed by atoms with Gasteiger partial charge < -0.3 is 9.73 Å². The van der Waals surface area contributed by atoms with E-state index < -0.39 is 0 Å². The molecule has 0 spiro atoms. The number of amides is 1. The highest BCUT2D eigenvalue weighted by Gasteiger charge is 2.08. The van der Waals surface area contributed by atoms with Crippen LogP contribution >= 0.6 is 11.6 Å². The molecule has 0 aliphatic carbocycles. The van der Waals surface area contributed by atoms with Crippen molar-refractivity contribution in [2.75, 3.05) is 13.1 Å². The minimum Gasteiger partial charge on any atom is -0.440 e. The number of carbonyl (C=O) groups excluding carboxylic acids is 1. The van der Waals surface area contributed by atoms with Gasteiger partial charge in [0.15, 0.2) is 11.0 Å². The second kappa shape index (κ2) is 5.16. The van der Waals surface area contributed by atoms with Gasteiger partial charge in [0.1, 0.15) is 0 Å². The molecule has 1 rings (SSSR count). The van der Waals surface area contributed by atoms with Gasteiger partial charge in [-0.3, -0.25) is 4.79 Å². The molecule has 0 radical (unpaired) electrons. The van der Waals surface area contributed by atoms with Gasteiger partial charge in [0.25, 0.3) is 5.91 Å². The third-order valence-corrected chi connectivity index (χ3v) is 1.56. The fourth-order valence-corrected chi connectivity index (χ4v) is 0.934. The Kier molecular flexibility index (Phi) is 3.84. The summed E-state index contributed by atoms with van der Waals surface area (Å²) in [5.41, 5.74) is 7.96. The Morgan fingerprint density at radius 1 is 1.71 bits per heavy atom. The Morgan fingerprint density at radius 3 is 3.07 bits per heavy atom. The van der Waals surface area contributed by atoms with Crippen molar-refractivity contribution >= 4 is 17.5 Å². The van der Waals surface area contributed by atoms with Gasteiger partial charge in [-0.05, 0) is 29.3 Å². The van der Waals surface area contributed by atoms with Crippen LogP contribution < -0.4 is 5.32 Å². The predicted molar refractivity (Wildman–Crippen MR) is 50.1 cm³/mol. The lowest BCUT2D eigenvalue weighted by molar-refractivity contribution is 0.0927. The quantitative estimate of drug-likeness (QED) is 0.359. The van der Waals surface area contributed by atoms with Crippen molar-refractivity contribution in [1.82, 2.24) is 5.32 Å². The lowest BCUT2D eigenvalue weighted by atomic mass is 10.4. The van der Waals surface area contributed by atoms with Gasteiger partial charge in [-0.2, -0.15) is 0 Å². The van der Waals surface area contributed by atoms with Crippen LogP contribution in [0.25, 0.3) is 10.4 Å². The summed E-state index contributed by atoms with van der Waals surface area (Å²) >= 11 is 5.48. The van der Waals surface area contributed by atoms with Gasteiger partial charge >= 0.3 is 0 Å². The molecule has 0 aliphatic heterocycles. The zero-order valence-corrected chi connectivity index (χ0v) is 7.86. The summed E-state index contributed by atoms with van der Waals surface area (Å²) < 4.78 is 4.85. The lowest BCUT2D eigenvalue weighted by Gasteiger charge is -1.98. The van der Waals surface area contributed by atoms with E-state index >= 15 is 0 Å². The van der Waals surface area contributed by atoms with Crippen molar-refractivity contribution in [2.24, 2.45) is 5.11 Å². The minimum absolute atomic E-state index is 0.135. The smallest absolute Gasteiger partial charge is 0.287 e. The van der Waals surface area contributed by atoms with Gasteiger partial charge in [0.2, 0.25) is 0 Å². The molecule has 1 amide bonds. The summed E-state index contributed by atoms with van der Waals surface area (Å²) in [6.07, 6.45) is 0. The van der Waals surface area contributed by atoms with E-state index in [9.17, 15) is 4.79 Å². The average molecular weight is 215 g/mol. The van der Waals surface area contributed by atoms with E-state index in [1.807, 2.05) is 0 Å². The summed E-state index contributed by atoms with van der Waals surface area (Å²) in [6, 6.07) is 2.94. The molecule has 0 unspecified atom stereocenters. The van der Waals surface area contributed by atoms with Crippen molar-refractivity contribution in [2.45, 2.75) is 0 Å². The van der Waals surface area contributed by atoms with Crippen molar-refractivity contribution < 1.29 is 9.21 Å². The van der Waals surface area contributed by atoms with Crippen LogP contribution in [0, 0.1) is 0 Å². The second-order valence-electron chi connectivity index (χ2n) is 2.31. The maximum absolute atomic E-state index is 11.2. The molecule has 0 atom stereocenters. The number of halogens is 1. The van der Waals surface area contributed by atoms with Gasteiger partial charge in [0.05, 0.1) is 0 Å². The first-order chi connectivity index (χ1) is 6.74. The molecule has 0 saturated heterocycles. The Morgan fingerprint density at radius 2 is 2.50 bits per heavy atom. The molecule has 0 fully saturated rings. The highest BCUT2D eigenvalue weighted by molar-refractivity contribution is 6.29. The van der Waals surface area contributed by atoms with Gasteiger partial charge in [0, 0.05) is 18.0 Å². The number of rotatable bonds is 4. The number of nitrogens with zero attached hydrogens (tertiary/aromatic N) is 3. The number of azide groups is 1. The Balaban J connectivity index is 2.39. The molecule has 1 aromatic rings. The molecule has 74 valence electrons. The van der Waals surface area contributed by atoms with E-state index in [4.69, 9.17) is 21.5 Å². The first-order valence-corrected chi connectivity index (χ1v) is 4.16. The first-order valence-electron chi connectivity index (χ1n) is 3.78. The zero-order chi connectivity index (χ0) is 10.4. The number of carbonyl (C=O) groups is 1. The summed E-state index contributed by atoms with van der Waals surface area (Å²) in [7, 11) is 0. The maximum Gasteiger partial charge on any atom is 0.287 e. The van der Waals surface area contributed by atoms with Crippen LogP contribution in [0.5, 0.6) is 0 Å². The molecule has 1 N–H and O–H groups in total. The second-order valence-corrected chi connectivity index (χ2v) is 2.69. The standard InChI is InChI=1S/C7H7ClN4O2/c8-6-2-1-5(14-6)7(13)10-3-4-11-12-9/h1-2H,3-4H2,(H,10,13). The molecule has 1 heterocycles. The summed E-state index contributed by atoms with van der Waals surface area (Å²) in [5, 5.41) is 5.90. The lowest BCUT2D eigenvalue weighted by Crippen LogP contribution is -2.25. The van der Waals surface area contributed by atoms with Crippen LogP contribution in [-0.4, -0.2) is 19.0 Å². The number of hydrogen-bond acceptors (Lipinski definition) is 3. The summed E-state index contributed by atoms with van der Waals surface area (Å²) in [5.74, 6) is -0.249. The van der Waals surface area contributed by atoms with E-state index in [1.54, 1.807) is 0 Å². The summed E-state index contributed by atoms with van der Waals surface area (Å²) in [6.45, 7) is 0.470. The van der Waals surface area contributed by atoms with Crippen molar-refractivity contribution in [3.05, 3.63) is 33.6 Å². The van der Waals surface area contributed by atoms with Crippen molar-refractivity contribution in [3.63, 3.8) is 0 Å². The van der Waals surface area contributed by atoms with Crippen LogP contribution in [-0.2, 0) is 0 Å². The molecule has 0 saturated carbocycles. The SMILES string of the molecule is [N-]=[N+]=NCCNC(=O)c1ccc(Cl)o1. The van der Waals surface area contributed by atoms with Crippen LogP contribution in [0.4, 0.5) is 0 Å². The van der Waals surface area contributed by atoms with Crippen LogP contribution in [0.1, 0.15) is 10.6 Å². The number of hydrogen-bond donors (Lipinski definition) is 1. The average Bonchev–Trinajstić information content (AvgIpc) is 2.59. The third-order valence-electron chi connectivity index (χ3n) is 1.36. The fraction of sp³-hybridized carbons (Fsp3) is 0.286. The molecule has 1 aromatic heterocycles. The van der Waals surface area contributed by atoms with Crippen molar-refractivity contribution in [1.29, 1.82) is 0 Å². The highest BCUT2D eigenvalue weighted by Crippen LogP contribution is 2.12. The molecule has 14 heavy (non-hydrogen) atoms. The molecule has 6 nitrogen and oxygen atoms in total. The van der Waals surface area contributed by atoms with Crippen LogP contribution in [0.2, 0.25) is 5.22 Å². The summed E-state index contributed by atoms with van der Waals surface area (Å²) in [4.78, 5) is 13.8. The van der Waals surface area contributed by atoms with Crippen LogP contribution in [0.3, 0.4) is 0 Å². The Hall–Kier alpha value is -1.65. The molecular formula is C7H7ClN4O2. The Bertz CT molecular complexity index is 370. The molecule has 0 aromatic carbocycles. The first kappa shape index (κ1) is 10.4. The van der Waals surface area contributed by atoms with Crippen molar-refractivity contribution in [3.8, 4) is 0 Å².